The second kappa shape index (κ2) is 6.08. The topological polar surface area (TPSA) is 118 Å². The number of aromatic amines is 1. The molecule has 0 aliphatic rings. The molecule has 5 N–H and O–H groups in total. The maximum atomic E-state index is 11.5. The third-order valence-corrected chi connectivity index (χ3v) is 2.87. The molecule has 1 aromatic heterocycles. The summed E-state index contributed by atoms with van der Waals surface area (Å²) in [5, 5.41) is 0. The second-order valence-electron chi connectivity index (χ2n) is 4.75. The van der Waals surface area contributed by atoms with Crippen LogP contribution >= 0.6 is 0 Å². The van der Waals surface area contributed by atoms with Crippen molar-refractivity contribution in [1.82, 2.24) is 9.97 Å². The number of aromatic nitrogens is 2. The van der Waals surface area contributed by atoms with E-state index in [0.29, 0.717) is 23.9 Å². The second-order valence-corrected chi connectivity index (χ2v) is 4.75. The Morgan fingerprint density at radius 1 is 1.33 bits per heavy atom. The molecule has 0 saturated heterocycles. The number of nitrogens with two attached hydrogens (primary N) is 2. The van der Waals surface area contributed by atoms with Crippen LogP contribution in [0.2, 0.25) is 0 Å². The third-order valence-electron chi connectivity index (χ3n) is 2.87. The minimum absolute atomic E-state index is 0.0275. The molecular weight excluding hydrogens is 270 g/mol. The lowest BCUT2D eigenvalue weighted by atomic mass is 10.2. The van der Waals surface area contributed by atoms with Crippen molar-refractivity contribution in [2.24, 2.45) is 5.73 Å². The van der Waals surface area contributed by atoms with E-state index in [-0.39, 0.29) is 12.1 Å². The third kappa shape index (κ3) is 4.07. The van der Waals surface area contributed by atoms with Gasteiger partial charge in [0.1, 0.15) is 11.6 Å². The van der Waals surface area contributed by atoms with Gasteiger partial charge in [0.15, 0.2) is 0 Å². The molecule has 1 heterocycles. The number of primary amides is 1. The van der Waals surface area contributed by atoms with E-state index < -0.39 is 5.91 Å². The fraction of sp³-hybridized carbons (Fsp3) is 0.214. The van der Waals surface area contributed by atoms with Crippen molar-refractivity contribution in [1.29, 1.82) is 0 Å². The molecule has 7 nitrogen and oxygen atoms in total. The minimum atomic E-state index is -0.495. The summed E-state index contributed by atoms with van der Waals surface area (Å²) in [5.74, 6) is 0.390. The molecule has 2 rings (SSSR count). The van der Waals surface area contributed by atoms with Gasteiger partial charge in [0, 0.05) is 18.3 Å². The number of benzene rings is 1. The number of amides is 1. The van der Waals surface area contributed by atoms with Crippen LogP contribution in [0.4, 0.5) is 11.5 Å². The molecule has 0 spiro atoms. The van der Waals surface area contributed by atoms with Gasteiger partial charge < -0.3 is 21.4 Å². The van der Waals surface area contributed by atoms with Gasteiger partial charge in [0.25, 0.3) is 5.56 Å². The number of hydrogen-bond donors (Lipinski definition) is 3. The Morgan fingerprint density at radius 2 is 2.00 bits per heavy atom. The maximum Gasteiger partial charge on any atom is 0.252 e. The van der Waals surface area contributed by atoms with E-state index in [1.165, 1.54) is 6.07 Å². The monoisotopic (exact) mass is 287 g/mol. The molecule has 0 aliphatic heterocycles. The highest BCUT2D eigenvalue weighted by atomic mass is 16.1. The van der Waals surface area contributed by atoms with Gasteiger partial charge in [0.2, 0.25) is 5.91 Å². The molecule has 0 bridgehead atoms. The van der Waals surface area contributed by atoms with Crippen molar-refractivity contribution in [2.45, 2.75) is 13.5 Å². The summed E-state index contributed by atoms with van der Waals surface area (Å²) in [7, 11) is 0. The van der Waals surface area contributed by atoms with E-state index in [0.717, 1.165) is 5.56 Å². The number of carbonyl (C=O) groups is 1. The molecule has 110 valence electrons. The molecule has 1 aromatic carbocycles. The number of nitrogens with one attached hydrogen (secondary N) is 1. The van der Waals surface area contributed by atoms with Crippen molar-refractivity contribution in [3.63, 3.8) is 0 Å². The van der Waals surface area contributed by atoms with Gasteiger partial charge >= 0.3 is 0 Å². The van der Waals surface area contributed by atoms with Crippen molar-refractivity contribution in [3.8, 4) is 0 Å². The Labute approximate surface area is 121 Å². The molecule has 0 radical (unpaired) electrons. The molecule has 0 fully saturated rings. The zero-order valence-corrected chi connectivity index (χ0v) is 11.7. The molecule has 2 aromatic rings. The van der Waals surface area contributed by atoms with E-state index in [9.17, 15) is 9.59 Å². The normalized spacial score (nSPS) is 10.3. The Balaban J connectivity index is 2.31. The first-order valence-electron chi connectivity index (χ1n) is 6.39. The van der Waals surface area contributed by atoms with Gasteiger partial charge in [-0.3, -0.25) is 9.59 Å². The van der Waals surface area contributed by atoms with Gasteiger partial charge in [-0.2, -0.15) is 0 Å². The van der Waals surface area contributed by atoms with Gasteiger partial charge in [-0.05, 0) is 24.6 Å². The predicted octanol–water partition coefficient (Wildman–Crippen LogP) is 0.152. The van der Waals surface area contributed by atoms with Crippen LogP contribution in [0.1, 0.15) is 11.4 Å². The summed E-state index contributed by atoms with van der Waals surface area (Å²) in [6, 6.07) is 8.59. The fourth-order valence-electron chi connectivity index (χ4n) is 1.98. The highest BCUT2D eigenvalue weighted by Gasteiger charge is 2.13. The predicted molar refractivity (Wildman–Crippen MR) is 80.7 cm³/mol. The summed E-state index contributed by atoms with van der Waals surface area (Å²) in [4.78, 5) is 31.2. The molecule has 0 saturated carbocycles. The summed E-state index contributed by atoms with van der Waals surface area (Å²) < 4.78 is 0. The standard InChI is InChI=1S/C14H17N5O2/c1-9-17-13(6-14(21)18-9)19(8-12(16)20)7-10-2-4-11(15)5-3-10/h2-6H,7-8,15H2,1H3,(H2,16,20)(H,17,18,21). The lowest BCUT2D eigenvalue weighted by Crippen LogP contribution is -2.34. The van der Waals surface area contributed by atoms with Crippen molar-refractivity contribution >= 4 is 17.4 Å². The number of aryl methyl sites for hydroxylation is 1. The summed E-state index contributed by atoms with van der Waals surface area (Å²) in [6.07, 6.45) is 0. The SMILES string of the molecule is Cc1nc(N(CC(N)=O)Cc2ccc(N)cc2)cc(=O)[nH]1. The van der Waals surface area contributed by atoms with Crippen LogP contribution < -0.4 is 21.9 Å². The van der Waals surface area contributed by atoms with Crippen LogP contribution in [-0.4, -0.2) is 22.4 Å². The molecule has 0 aliphatic carbocycles. The molecule has 0 atom stereocenters. The Morgan fingerprint density at radius 3 is 2.57 bits per heavy atom. The molecule has 0 unspecified atom stereocenters. The van der Waals surface area contributed by atoms with Crippen LogP contribution in [-0.2, 0) is 11.3 Å². The number of rotatable bonds is 5. The Hall–Kier alpha value is -2.83. The van der Waals surface area contributed by atoms with Crippen LogP contribution in [0.5, 0.6) is 0 Å². The van der Waals surface area contributed by atoms with E-state index >= 15 is 0 Å². The summed E-state index contributed by atoms with van der Waals surface area (Å²) in [5.41, 5.74) is 12.2. The largest absolute Gasteiger partial charge is 0.399 e. The lowest BCUT2D eigenvalue weighted by molar-refractivity contribution is -0.116. The Kier molecular flexibility index (Phi) is 4.22. The first-order valence-corrected chi connectivity index (χ1v) is 6.39. The highest BCUT2D eigenvalue weighted by molar-refractivity contribution is 5.79. The van der Waals surface area contributed by atoms with E-state index in [1.54, 1.807) is 24.0 Å². The maximum absolute atomic E-state index is 11.5. The summed E-state index contributed by atoms with van der Waals surface area (Å²) >= 11 is 0. The van der Waals surface area contributed by atoms with Gasteiger partial charge in [-0.1, -0.05) is 12.1 Å². The van der Waals surface area contributed by atoms with Crippen LogP contribution in [0.3, 0.4) is 0 Å². The first-order chi connectivity index (χ1) is 9.94. The number of nitrogens with zero attached hydrogens (tertiary/aromatic N) is 2. The number of carbonyl (C=O) groups excluding carboxylic acids is 1. The van der Waals surface area contributed by atoms with E-state index in [1.807, 2.05) is 12.1 Å². The zero-order chi connectivity index (χ0) is 15.4. The number of H-pyrrole nitrogens is 1. The highest BCUT2D eigenvalue weighted by Crippen LogP contribution is 2.14. The Bertz CT molecular complexity index is 693. The van der Waals surface area contributed by atoms with E-state index in [4.69, 9.17) is 11.5 Å². The fourth-order valence-corrected chi connectivity index (χ4v) is 1.98. The number of nitrogen functional groups attached to an aromatic ring is 1. The van der Waals surface area contributed by atoms with Crippen LogP contribution in [0.15, 0.2) is 35.1 Å². The molecule has 1 amide bonds. The quantitative estimate of drug-likeness (QED) is 0.677. The van der Waals surface area contributed by atoms with Crippen molar-refractivity contribution in [2.75, 3.05) is 17.2 Å². The summed E-state index contributed by atoms with van der Waals surface area (Å²) in [6.45, 7) is 2.05. The zero-order valence-electron chi connectivity index (χ0n) is 11.7. The lowest BCUT2D eigenvalue weighted by Gasteiger charge is -2.22. The van der Waals surface area contributed by atoms with Crippen molar-refractivity contribution in [3.05, 3.63) is 52.1 Å². The van der Waals surface area contributed by atoms with Gasteiger partial charge in [-0.25, -0.2) is 4.98 Å². The molecular formula is C14H17N5O2. The number of hydrogen-bond acceptors (Lipinski definition) is 5. The van der Waals surface area contributed by atoms with Crippen LogP contribution in [0.25, 0.3) is 0 Å². The number of anilines is 2. The van der Waals surface area contributed by atoms with Gasteiger partial charge in [-0.15, -0.1) is 0 Å². The molecule has 7 heteroatoms. The molecule has 21 heavy (non-hydrogen) atoms. The van der Waals surface area contributed by atoms with Crippen LogP contribution in [0, 0.1) is 6.92 Å². The smallest absolute Gasteiger partial charge is 0.252 e. The van der Waals surface area contributed by atoms with Gasteiger partial charge in [0.05, 0.1) is 6.54 Å². The minimum Gasteiger partial charge on any atom is -0.399 e. The average Bonchev–Trinajstić information content (AvgIpc) is 2.39. The van der Waals surface area contributed by atoms with Crippen molar-refractivity contribution < 1.29 is 4.79 Å². The van der Waals surface area contributed by atoms with E-state index in [2.05, 4.69) is 9.97 Å². The first kappa shape index (κ1) is 14.6. The average molecular weight is 287 g/mol.